The summed E-state index contributed by atoms with van der Waals surface area (Å²) in [6, 6.07) is 5.08. The van der Waals surface area contributed by atoms with Crippen LogP contribution in [-0.2, 0) is 0 Å². The van der Waals surface area contributed by atoms with E-state index in [9.17, 15) is 9.90 Å². The third kappa shape index (κ3) is 1.98. The zero-order valence-corrected chi connectivity index (χ0v) is 11.9. The van der Waals surface area contributed by atoms with Crippen molar-refractivity contribution in [2.24, 2.45) is 0 Å². The number of benzene rings is 1. The minimum Gasteiger partial charge on any atom is -0.478 e. The number of hydrogen-bond donors (Lipinski definition) is 1. The molecular weight excluding hydrogens is 274 g/mol. The van der Waals surface area contributed by atoms with Crippen LogP contribution in [0.5, 0.6) is 0 Å². The van der Waals surface area contributed by atoms with E-state index in [1.807, 2.05) is 30.7 Å². The number of aromatic nitrogens is 3. The number of fused-ring (bicyclic) bond motifs is 1. The van der Waals surface area contributed by atoms with Crippen molar-refractivity contribution < 1.29 is 9.90 Å². The Morgan fingerprint density at radius 3 is 2.85 bits per heavy atom. The highest BCUT2D eigenvalue weighted by atomic mass is 32.1. The largest absolute Gasteiger partial charge is 0.478 e. The first kappa shape index (κ1) is 12.8. The molecule has 2 heterocycles. The van der Waals surface area contributed by atoms with E-state index in [0.29, 0.717) is 11.0 Å². The quantitative estimate of drug-likeness (QED) is 0.803. The van der Waals surface area contributed by atoms with E-state index in [1.54, 1.807) is 29.8 Å². The van der Waals surface area contributed by atoms with Crippen molar-refractivity contribution in [2.75, 3.05) is 0 Å². The molecule has 3 rings (SSSR count). The Bertz CT molecular complexity index is 791. The fraction of sp³-hybridized carbons (Fsp3) is 0.214. The third-order valence-electron chi connectivity index (χ3n) is 3.24. The van der Waals surface area contributed by atoms with Crippen LogP contribution in [0.1, 0.15) is 33.2 Å². The highest BCUT2D eigenvalue weighted by molar-refractivity contribution is 7.11. The summed E-state index contributed by atoms with van der Waals surface area (Å²) in [6.07, 6.45) is 3.51. The summed E-state index contributed by atoms with van der Waals surface area (Å²) in [6.45, 7) is 4.00. The predicted octanol–water partition coefficient (Wildman–Crippen LogP) is 3.11. The van der Waals surface area contributed by atoms with E-state index in [4.69, 9.17) is 0 Å². The Morgan fingerprint density at radius 1 is 1.40 bits per heavy atom. The van der Waals surface area contributed by atoms with Gasteiger partial charge in [-0.1, -0.05) is 6.07 Å². The van der Waals surface area contributed by atoms with Crippen molar-refractivity contribution in [1.82, 2.24) is 14.5 Å². The van der Waals surface area contributed by atoms with Gasteiger partial charge in [0.15, 0.2) is 0 Å². The summed E-state index contributed by atoms with van der Waals surface area (Å²) < 4.78 is 1.87. The average molecular weight is 287 g/mol. The lowest BCUT2D eigenvalue weighted by Gasteiger charge is -2.12. The monoisotopic (exact) mass is 287 g/mol. The molecule has 0 aliphatic heterocycles. The summed E-state index contributed by atoms with van der Waals surface area (Å²) in [5.74, 6) is -0.945. The number of imidazole rings is 1. The molecule has 102 valence electrons. The summed E-state index contributed by atoms with van der Waals surface area (Å²) in [5, 5.41) is 10.3. The molecule has 1 aromatic carbocycles. The molecule has 0 bridgehead atoms. The lowest BCUT2D eigenvalue weighted by atomic mass is 10.1. The number of carbonyl (C=O) groups is 1. The summed E-state index contributed by atoms with van der Waals surface area (Å²) in [5.41, 5.74) is 1.59. The SMILES string of the molecule is Cc1cnc(C(C)n2cnc3cccc(C(=O)O)c32)s1. The van der Waals surface area contributed by atoms with Crippen LogP contribution in [0.3, 0.4) is 0 Å². The van der Waals surface area contributed by atoms with Gasteiger partial charge in [-0.2, -0.15) is 0 Å². The van der Waals surface area contributed by atoms with Crippen molar-refractivity contribution >= 4 is 28.3 Å². The van der Waals surface area contributed by atoms with Crippen molar-refractivity contribution in [3.63, 3.8) is 0 Å². The normalized spacial score (nSPS) is 12.7. The van der Waals surface area contributed by atoms with Gasteiger partial charge in [-0.15, -0.1) is 11.3 Å². The maximum atomic E-state index is 11.4. The Hall–Kier alpha value is -2.21. The average Bonchev–Trinajstić information content (AvgIpc) is 3.03. The second-order valence-corrected chi connectivity index (χ2v) is 5.88. The number of nitrogens with zero attached hydrogens (tertiary/aromatic N) is 3. The van der Waals surface area contributed by atoms with E-state index >= 15 is 0 Å². The Labute approximate surface area is 119 Å². The van der Waals surface area contributed by atoms with Crippen molar-refractivity contribution in [3.8, 4) is 0 Å². The van der Waals surface area contributed by atoms with Gasteiger partial charge >= 0.3 is 5.97 Å². The van der Waals surface area contributed by atoms with Gasteiger partial charge in [0.2, 0.25) is 0 Å². The number of aromatic carboxylic acids is 1. The second kappa shape index (κ2) is 4.72. The first-order chi connectivity index (χ1) is 9.58. The molecule has 6 heteroatoms. The molecule has 1 unspecified atom stereocenters. The molecule has 0 aliphatic rings. The molecule has 0 spiro atoms. The van der Waals surface area contributed by atoms with Crippen LogP contribution in [0, 0.1) is 6.92 Å². The standard InChI is InChI=1S/C14H13N3O2S/c1-8-6-15-13(20-8)9(2)17-7-16-11-5-3-4-10(12(11)17)14(18)19/h3-7,9H,1-2H3,(H,18,19). The minimum absolute atomic E-state index is 0.0424. The van der Waals surface area contributed by atoms with Crippen molar-refractivity contribution in [3.05, 3.63) is 46.2 Å². The molecule has 0 saturated carbocycles. The lowest BCUT2D eigenvalue weighted by Crippen LogP contribution is -2.08. The fourth-order valence-electron chi connectivity index (χ4n) is 2.24. The molecule has 3 aromatic rings. The van der Waals surface area contributed by atoms with Gasteiger partial charge in [-0.05, 0) is 26.0 Å². The zero-order chi connectivity index (χ0) is 14.3. The van der Waals surface area contributed by atoms with Gasteiger partial charge in [-0.3, -0.25) is 0 Å². The van der Waals surface area contributed by atoms with Gasteiger partial charge in [-0.25, -0.2) is 14.8 Å². The second-order valence-electron chi connectivity index (χ2n) is 4.62. The molecular formula is C14H13N3O2S. The molecule has 20 heavy (non-hydrogen) atoms. The zero-order valence-electron chi connectivity index (χ0n) is 11.1. The van der Waals surface area contributed by atoms with Crippen molar-refractivity contribution in [1.29, 1.82) is 0 Å². The highest BCUT2D eigenvalue weighted by Crippen LogP contribution is 2.28. The van der Waals surface area contributed by atoms with Gasteiger partial charge in [0, 0.05) is 11.1 Å². The lowest BCUT2D eigenvalue weighted by molar-refractivity contribution is 0.0698. The molecule has 0 amide bonds. The van der Waals surface area contributed by atoms with Crippen LogP contribution < -0.4 is 0 Å². The first-order valence-corrected chi connectivity index (χ1v) is 7.00. The van der Waals surface area contributed by atoms with E-state index in [2.05, 4.69) is 9.97 Å². The molecule has 2 aromatic heterocycles. The smallest absolute Gasteiger partial charge is 0.337 e. The number of thiazole rings is 1. The Kier molecular flexibility index (Phi) is 3.02. The van der Waals surface area contributed by atoms with Crippen LogP contribution in [-0.4, -0.2) is 25.6 Å². The summed E-state index contributed by atoms with van der Waals surface area (Å²) in [4.78, 5) is 21.2. The van der Waals surface area contributed by atoms with Crippen LogP contribution in [0.4, 0.5) is 0 Å². The third-order valence-corrected chi connectivity index (χ3v) is 4.32. The summed E-state index contributed by atoms with van der Waals surface area (Å²) >= 11 is 1.61. The molecule has 1 N–H and O–H groups in total. The molecule has 1 atom stereocenters. The predicted molar refractivity (Wildman–Crippen MR) is 77.4 cm³/mol. The Balaban J connectivity index is 2.19. The van der Waals surface area contributed by atoms with Gasteiger partial charge in [0.05, 0.1) is 29.0 Å². The topological polar surface area (TPSA) is 68.0 Å². The first-order valence-electron chi connectivity index (χ1n) is 6.19. The molecule has 5 nitrogen and oxygen atoms in total. The van der Waals surface area contributed by atoms with E-state index in [0.717, 1.165) is 9.88 Å². The van der Waals surface area contributed by atoms with Crippen LogP contribution in [0.25, 0.3) is 11.0 Å². The van der Waals surface area contributed by atoms with Gasteiger partial charge < -0.3 is 9.67 Å². The van der Waals surface area contributed by atoms with Crippen molar-refractivity contribution in [2.45, 2.75) is 19.9 Å². The minimum atomic E-state index is -0.945. The number of rotatable bonds is 3. The molecule has 0 radical (unpaired) electrons. The van der Waals surface area contributed by atoms with E-state index in [-0.39, 0.29) is 11.6 Å². The fourth-order valence-corrected chi connectivity index (χ4v) is 3.06. The number of para-hydroxylation sites is 1. The van der Waals surface area contributed by atoms with E-state index in [1.165, 1.54) is 0 Å². The number of aryl methyl sites for hydroxylation is 1. The molecule has 0 aliphatic carbocycles. The van der Waals surface area contributed by atoms with Crippen LogP contribution in [0.2, 0.25) is 0 Å². The highest BCUT2D eigenvalue weighted by Gasteiger charge is 2.19. The molecule has 0 saturated heterocycles. The number of hydrogen-bond acceptors (Lipinski definition) is 4. The van der Waals surface area contributed by atoms with Gasteiger partial charge in [0.1, 0.15) is 5.01 Å². The number of carboxylic acid groups (broad SMARTS) is 1. The van der Waals surface area contributed by atoms with E-state index < -0.39 is 5.97 Å². The van der Waals surface area contributed by atoms with Crippen LogP contribution >= 0.6 is 11.3 Å². The van der Waals surface area contributed by atoms with Crippen LogP contribution in [0.15, 0.2) is 30.7 Å². The maximum absolute atomic E-state index is 11.4. The molecule has 0 fully saturated rings. The van der Waals surface area contributed by atoms with Gasteiger partial charge in [0.25, 0.3) is 0 Å². The Morgan fingerprint density at radius 2 is 2.20 bits per heavy atom. The number of carboxylic acids is 1. The summed E-state index contributed by atoms with van der Waals surface area (Å²) in [7, 11) is 0. The maximum Gasteiger partial charge on any atom is 0.337 e.